The standard InChI is InChI=1S/C15H15NO2/c1-10(2)13-9-8-12(15(18)16-13)14(17)11-6-4-3-5-7-11/h3-10H,1-2H3,(H,16,18). The average Bonchev–Trinajstić information content (AvgIpc) is 2.38. The molecule has 0 aliphatic rings. The molecule has 0 bridgehead atoms. The summed E-state index contributed by atoms with van der Waals surface area (Å²) in [7, 11) is 0. The minimum Gasteiger partial charge on any atom is -0.325 e. The van der Waals surface area contributed by atoms with Crippen molar-refractivity contribution < 1.29 is 4.79 Å². The lowest BCUT2D eigenvalue weighted by molar-refractivity contribution is 0.103. The predicted octanol–water partition coefficient (Wildman–Crippen LogP) is 2.73. The van der Waals surface area contributed by atoms with Crippen LogP contribution in [0.4, 0.5) is 0 Å². The van der Waals surface area contributed by atoms with E-state index in [9.17, 15) is 9.59 Å². The third-order valence-corrected chi connectivity index (χ3v) is 2.83. The topological polar surface area (TPSA) is 49.9 Å². The fourth-order valence-corrected chi connectivity index (χ4v) is 1.75. The van der Waals surface area contributed by atoms with Gasteiger partial charge in [0, 0.05) is 11.3 Å². The van der Waals surface area contributed by atoms with Crippen molar-refractivity contribution in [1.29, 1.82) is 0 Å². The van der Waals surface area contributed by atoms with Gasteiger partial charge in [0.1, 0.15) is 0 Å². The highest BCUT2D eigenvalue weighted by Crippen LogP contribution is 2.11. The third-order valence-electron chi connectivity index (χ3n) is 2.83. The number of H-pyrrole nitrogens is 1. The van der Waals surface area contributed by atoms with Crippen molar-refractivity contribution in [3.8, 4) is 0 Å². The maximum Gasteiger partial charge on any atom is 0.259 e. The smallest absolute Gasteiger partial charge is 0.259 e. The molecule has 0 spiro atoms. The zero-order valence-electron chi connectivity index (χ0n) is 10.4. The van der Waals surface area contributed by atoms with Gasteiger partial charge in [-0.2, -0.15) is 0 Å². The van der Waals surface area contributed by atoms with Crippen LogP contribution in [0, 0.1) is 0 Å². The maximum atomic E-state index is 12.1. The van der Waals surface area contributed by atoms with Gasteiger partial charge in [0.05, 0.1) is 5.56 Å². The van der Waals surface area contributed by atoms with E-state index in [2.05, 4.69) is 4.98 Å². The van der Waals surface area contributed by atoms with Gasteiger partial charge >= 0.3 is 0 Å². The normalized spacial score (nSPS) is 10.6. The maximum absolute atomic E-state index is 12.1. The minimum atomic E-state index is -0.324. The number of ketones is 1. The van der Waals surface area contributed by atoms with E-state index in [0.29, 0.717) is 5.56 Å². The summed E-state index contributed by atoms with van der Waals surface area (Å²) in [4.78, 5) is 26.8. The molecule has 0 amide bonds. The molecule has 3 heteroatoms. The van der Waals surface area contributed by atoms with Crippen LogP contribution in [0.25, 0.3) is 0 Å². The third kappa shape index (κ3) is 2.40. The lowest BCUT2D eigenvalue weighted by atomic mass is 10.0. The van der Waals surface area contributed by atoms with Gasteiger partial charge in [-0.1, -0.05) is 44.2 Å². The Morgan fingerprint density at radius 3 is 2.28 bits per heavy atom. The van der Waals surface area contributed by atoms with Gasteiger partial charge in [-0.25, -0.2) is 0 Å². The number of benzene rings is 1. The fourth-order valence-electron chi connectivity index (χ4n) is 1.75. The molecule has 0 unspecified atom stereocenters. The summed E-state index contributed by atoms with van der Waals surface area (Å²) >= 11 is 0. The van der Waals surface area contributed by atoms with Crippen LogP contribution in [-0.4, -0.2) is 10.8 Å². The molecule has 0 fully saturated rings. The second-order valence-electron chi connectivity index (χ2n) is 4.51. The number of aromatic nitrogens is 1. The van der Waals surface area contributed by atoms with Crippen LogP contribution < -0.4 is 5.56 Å². The van der Waals surface area contributed by atoms with Crippen molar-refractivity contribution >= 4 is 5.78 Å². The summed E-state index contributed by atoms with van der Waals surface area (Å²) in [5, 5.41) is 0. The Morgan fingerprint density at radius 1 is 1.06 bits per heavy atom. The Bertz CT molecular complexity index is 612. The molecule has 0 atom stereocenters. The van der Waals surface area contributed by atoms with Crippen LogP contribution >= 0.6 is 0 Å². The molecule has 1 aromatic heterocycles. The van der Waals surface area contributed by atoms with Gasteiger partial charge in [-0.3, -0.25) is 9.59 Å². The SMILES string of the molecule is CC(C)c1ccc(C(=O)c2ccccc2)c(=O)[nH]1. The molecular weight excluding hydrogens is 226 g/mol. The van der Waals surface area contributed by atoms with Crippen molar-refractivity contribution in [2.75, 3.05) is 0 Å². The van der Waals surface area contributed by atoms with E-state index >= 15 is 0 Å². The predicted molar refractivity (Wildman–Crippen MR) is 71.0 cm³/mol. The molecule has 92 valence electrons. The first kappa shape index (κ1) is 12.3. The van der Waals surface area contributed by atoms with Crippen LogP contribution in [0.3, 0.4) is 0 Å². The molecule has 3 nitrogen and oxygen atoms in total. The molecule has 18 heavy (non-hydrogen) atoms. The molecule has 0 saturated heterocycles. The molecule has 1 aromatic carbocycles. The second-order valence-corrected chi connectivity index (χ2v) is 4.51. The van der Waals surface area contributed by atoms with Gasteiger partial charge in [-0.15, -0.1) is 0 Å². The van der Waals surface area contributed by atoms with Crippen LogP contribution in [0.2, 0.25) is 0 Å². The summed E-state index contributed by atoms with van der Waals surface area (Å²) in [6.45, 7) is 3.98. The lowest BCUT2D eigenvalue weighted by Crippen LogP contribution is -2.19. The first-order valence-corrected chi connectivity index (χ1v) is 5.92. The monoisotopic (exact) mass is 241 g/mol. The Labute approximate surface area is 105 Å². The average molecular weight is 241 g/mol. The van der Waals surface area contributed by atoms with Crippen LogP contribution in [0.5, 0.6) is 0 Å². The number of hydrogen-bond donors (Lipinski definition) is 1. The number of pyridine rings is 1. The highest BCUT2D eigenvalue weighted by Gasteiger charge is 2.13. The molecule has 0 saturated carbocycles. The van der Waals surface area contributed by atoms with Crippen molar-refractivity contribution in [2.45, 2.75) is 19.8 Å². The van der Waals surface area contributed by atoms with Gasteiger partial charge in [0.2, 0.25) is 0 Å². The number of hydrogen-bond acceptors (Lipinski definition) is 2. The van der Waals surface area contributed by atoms with E-state index in [0.717, 1.165) is 5.69 Å². The van der Waals surface area contributed by atoms with E-state index in [1.807, 2.05) is 19.9 Å². The largest absolute Gasteiger partial charge is 0.325 e. The lowest BCUT2D eigenvalue weighted by Gasteiger charge is -2.06. The highest BCUT2D eigenvalue weighted by atomic mass is 16.1. The summed E-state index contributed by atoms with van der Waals surface area (Å²) in [6, 6.07) is 12.2. The van der Waals surface area contributed by atoms with Crippen molar-refractivity contribution in [2.24, 2.45) is 0 Å². The highest BCUT2D eigenvalue weighted by molar-refractivity contribution is 6.08. The molecule has 1 N–H and O–H groups in total. The van der Waals surface area contributed by atoms with E-state index in [1.54, 1.807) is 36.4 Å². The molecule has 2 rings (SSSR count). The van der Waals surface area contributed by atoms with Crippen molar-refractivity contribution in [3.05, 3.63) is 69.6 Å². The van der Waals surface area contributed by atoms with Crippen LogP contribution in [0.15, 0.2) is 47.3 Å². The first-order valence-electron chi connectivity index (χ1n) is 5.92. The van der Waals surface area contributed by atoms with Gasteiger partial charge in [0.15, 0.2) is 5.78 Å². The zero-order valence-corrected chi connectivity index (χ0v) is 10.4. The van der Waals surface area contributed by atoms with Gasteiger partial charge < -0.3 is 4.98 Å². The zero-order chi connectivity index (χ0) is 13.1. The van der Waals surface area contributed by atoms with E-state index in [-0.39, 0.29) is 22.8 Å². The molecule has 2 aromatic rings. The Hall–Kier alpha value is -2.16. The molecule has 0 radical (unpaired) electrons. The molecule has 0 aliphatic heterocycles. The summed E-state index contributed by atoms with van der Waals surface area (Å²) in [5.41, 5.74) is 1.23. The number of carbonyl (C=O) groups excluding carboxylic acids is 1. The quantitative estimate of drug-likeness (QED) is 0.840. The van der Waals surface area contributed by atoms with E-state index in [4.69, 9.17) is 0 Å². The number of carbonyl (C=O) groups is 1. The van der Waals surface area contributed by atoms with Crippen LogP contribution in [0.1, 0.15) is 41.4 Å². The number of rotatable bonds is 3. The van der Waals surface area contributed by atoms with Crippen LogP contribution in [-0.2, 0) is 0 Å². The summed E-state index contributed by atoms with van der Waals surface area (Å²) in [5.74, 6) is -0.00858. The first-order chi connectivity index (χ1) is 8.59. The van der Waals surface area contributed by atoms with Crippen molar-refractivity contribution in [3.63, 3.8) is 0 Å². The Kier molecular flexibility index (Phi) is 3.42. The fraction of sp³-hybridized carbons (Fsp3) is 0.200. The minimum absolute atomic E-state index is 0.186. The van der Waals surface area contributed by atoms with Gasteiger partial charge in [0.25, 0.3) is 5.56 Å². The summed E-state index contributed by atoms with van der Waals surface area (Å²) < 4.78 is 0. The Balaban J connectivity index is 2.41. The van der Waals surface area contributed by atoms with E-state index in [1.165, 1.54) is 0 Å². The number of nitrogens with one attached hydrogen (secondary N) is 1. The van der Waals surface area contributed by atoms with Gasteiger partial charge in [-0.05, 0) is 18.1 Å². The second kappa shape index (κ2) is 5.00. The van der Waals surface area contributed by atoms with E-state index < -0.39 is 0 Å². The Morgan fingerprint density at radius 2 is 1.72 bits per heavy atom. The number of aromatic amines is 1. The molecular formula is C15H15NO2. The molecule has 0 aliphatic carbocycles. The molecule has 1 heterocycles. The van der Waals surface area contributed by atoms with Crippen molar-refractivity contribution in [1.82, 2.24) is 4.98 Å². The summed E-state index contributed by atoms with van der Waals surface area (Å²) in [6.07, 6.45) is 0.